The zero-order valence-electron chi connectivity index (χ0n) is 13.9. The van der Waals surface area contributed by atoms with Crippen LogP contribution in [-0.4, -0.2) is 17.1 Å². The van der Waals surface area contributed by atoms with E-state index in [9.17, 15) is 9.90 Å². The molecule has 118 valence electrons. The summed E-state index contributed by atoms with van der Waals surface area (Å²) in [5, 5.41) is 10.6. The van der Waals surface area contributed by atoms with Gasteiger partial charge in [-0.2, -0.15) is 0 Å². The maximum atomic E-state index is 11.2. The summed E-state index contributed by atoms with van der Waals surface area (Å²) in [5.74, 6) is -0.191. The van der Waals surface area contributed by atoms with E-state index in [0.29, 0.717) is 12.2 Å². The average Bonchev–Trinajstić information content (AvgIpc) is 2.27. The summed E-state index contributed by atoms with van der Waals surface area (Å²) in [4.78, 5) is 11.2. The molecule has 1 rings (SSSR count). The van der Waals surface area contributed by atoms with Gasteiger partial charge in [-0.05, 0) is 33.9 Å². The Bertz CT molecular complexity index is 502. The Hall–Kier alpha value is -1.55. The fourth-order valence-corrected chi connectivity index (χ4v) is 2.31. The zero-order valence-corrected chi connectivity index (χ0v) is 13.9. The largest absolute Gasteiger partial charge is 0.507 e. The van der Waals surface area contributed by atoms with Crippen molar-refractivity contribution in [3.63, 3.8) is 0 Å². The molecule has 0 saturated carbocycles. The second-order valence-electron chi connectivity index (χ2n) is 7.75. The minimum absolute atomic E-state index is 0.198. The van der Waals surface area contributed by atoms with Crippen LogP contribution in [0.5, 0.6) is 5.75 Å². The SMILES string of the molecule is CC(C)(C)c1cc(C[C@H](N)C(N)=O)cc(C(C)(C)C)c1O. The maximum absolute atomic E-state index is 11.2. The fourth-order valence-electron chi connectivity index (χ4n) is 2.31. The van der Waals surface area contributed by atoms with E-state index in [2.05, 4.69) is 0 Å². The van der Waals surface area contributed by atoms with Crippen molar-refractivity contribution in [2.24, 2.45) is 11.5 Å². The van der Waals surface area contributed by atoms with Gasteiger partial charge in [-0.15, -0.1) is 0 Å². The number of primary amides is 1. The lowest BCUT2D eigenvalue weighted by atomic mass is 9.78. The maximum Gasteiger partial charge on any atom is 0.234 e. The molecule has 0 aliphatic heterocycles. The number of benzene rings is 1. The van der Waals surface area contributed by atoms with Crippen LogP contribution in [0.25, 0.3) is 0 Å². The van der Waals surface area contributed by atoms with Crippen LogP contribution in [0.3, 0.4) is 0 Å². The molecule has 5 N–H and O–H groups in total. The summed E-state index contributed by atoms with van der Waals surface area (Å²) in [6, 6.07) is 3.14. The molecule has 0 bridgehead atoms. The van der Waals surface area contributed by atoms with Gasteiger partial charge in [0.1, 0.15) is 5.75 Å². The van der Waals surface area contributed by atoms with Gasteiger partial charge in [0.25, 0.3) is 0 Å². The number of hydrogen-bond acceptors (Lipinski definition) is 3. The highest BCUT2D eigenvalue weighted by Crippen LogP contribution is 2.39. The predicted molar refractivity (Wildman–Crippen MR) is 86.4 cm³/mol. The summed E-state index contributed by atoms with van der Waals surface area (Å²) >= 11 is 0. The normalized spacial score (nSPS) is 14.0. The first-order valence-corrected chi connectivity index (χ1v) is 7.25. The number of amides is 1. The van der Waals surface area contributed by atoms with Crippen molar-refractivity contribution in [2.45, 2.75) is 64.8 Å². The fraction of sp³-hybridized carbons (Fsp3) is 0.588. The Morgan fingerprint density at radius 2 is 1.48 bits per heavy atom. The molecule has 0 fully saturated rings. The predicted octanol–water partition coefficient (Wildman–Crippen LogP) is 2.34. The molecule has 0 radical (unpaired) electrons. The van der Waals surface area contributed by atoms with Crippen LogP contribution in [0.15, 0.2) is 12.1 Å². The molecule has 0 unspecified atom stereocenters. The molecule has 0 aliphatic carbocycles. The van der Waals surface area contributed by atoms with Gasteiger partial charge >= 0.3 is 0 Å². The Balaban J connectivity index is 3.44. The highest BCUT2D eigenvalue weighted by molar-refractivity contribution is 5.79. The van der Waals surface area contributed by atoms with E-state index in [1.54, 1.807) is 0 Å². The number of rotatable bonds is 3. The third-order valence-electron chi connectivity index (χ3n) is 3.61. The van der Waals surface area contributed by atoms with Crippen molar-refractivity contribution >= 4 is 5.91 Å². The van der Waals surface area contributed by atoms with E-state index in [0.717, 1.165) is 16.7 Å². The Morgan fingerprint density at radius 3 is 1.76 bits per heavy atom. The molecule has 0 aliphatic rings. The number of aromatic hydroxyl groups is 1. The van der Waals surface area contributed by atoms with Crippen LogP contribution in [0.4, 0.5) is 0 Å². The first kappa shape index (κ1) is 17.5. The molecular weight excluding hydrogens is 264 g/mol. The molecular formula is C17H28N2O2. The minimum Gasteiger partial charge on any atom is -0.507 e. The number of hydrogen-bond donors (Lipinski definition) is 3. The first-order chi connectivity index (χ1) is 9.34. The Morgan fingerprint density at radius 1 is 1.10 bits per heavy atom. The second kappa shape index (κ2) is 5.68. The van der Waals surface area contributed by atoms with Crippen molar-refractivity contribution in [1.29, 1.82) is 0 Å². The van der Waals surface area contributed by atoms with E-state index >= 15 is 0 Å². The van der Waals surface area contributed by atoms with Crippen molar-refractivity contribution in [1.82, 2.24) is 0 Å². The van der Waals surface area contributed by atoms with E-state index in [1.165, 1.54) is 0 Å². The molecule has 1 atom stereocenters. The van der Waals surface area contributed by atoms with E-state index < -0.39 is 11.9 Å². The number of phenols is 1. The van der Waals surface area contributed by atoms with Gasteiger partial charge in [0, 0.05) is 0 Å². The summed E-state index contributed by atoms with van der Waals surface area (Å²) < 4.78 is 0. The van der Waals surface area contributed by atoms with Crippen molar-refractivity contribution in [2.75, 3.05) is 0 Å². The molecule has 1 aromatic carbocycles. The zero-order chi connectivity index (χ0) is 16.6. The molecule has 0 aromatic heterocycles. The smallest absolute Gasteiger partial charge is 0.234 e. The van der Waals surface area contributed by atoms with Crippen LogP contribution < -0.4 is 11.5 Å². The van der Waals surface area contributed by atoms with Gasteiger partial charge in [-0.3, -0.25) is 4.79 Å². The van der Waals surface area contributed by atoms with Gasteiger partial charge < -0.3 is 16.6 Å². The highest BCUT2D eigenvalue weighted by Gasteiger charge is 2.27. The molecule has 4 nitrogen and oxygen atoms in total. The second-order valence-corrected chi connectivity index (χ2v) is 7.75. The van der Waals surface area contributed by atoms with Gasteiger partial charge in [-0.25, -0.2) is 0 Å². The number of nitrogens with two attached hydrogens (primary N) is 2. The van der Waals surface area contributed by atoms with Crippen molar-refractivity contribution in [3.8, 4) is 5.75 Å². The molecule has 0 saturated heterocycles. The lowest BCUT2D eigenvalue weighted by Crippen LogP contribution is -2.38. The molecule has 0 spiro atoms. The molecule has 1 aromatic rings. The lowest BCUT2D eigenvalue weighted by molar-refractivity contribution is -0.119. The van der Waals surface area contributed by atoms with Crippen LogP contribution >= 0.6 is 0 Å². The Kier molecular flexibility index (Phi) is 4.73. The molecule has 4 heteroatoms. The summed E-state index contributed by atoms with van der Waals surface area (Å²) in [7, 11) is 0. The third-order valence-corrected chi connectivity index (χ3v) is 3.61. The summed E-state index contributed by atoms with van der Waals surface area (Å²) in [6.07, 6.45) is 0.377. The van der Waals surface area contributed by atoms with Gasteiger partial charge in [0.2, 0.25) is 5.91 Å². The van der Waals surface area contributed by atoms with Gasteiger partial charge in [-0.1, -0.05) is 53.7 Å². The van der Waals surface area contributed by atoms with Crippen LogP contribution in [-0.2, 0) is 22.0 Å². The molecule has 21 heavy (non-hydrogen) atoms. The first-order valence-electron chi connectivity index (χ1n) is 7.25. The summed E-state index contributed by atoms with van der Waals surface area (Å²) in [5.41, 5.74) is 13.3. The Labute approximate surface area is 127 Å². The summed E-state index contributed by atoms with van der Waals surface area (Å²) in [6.45, 7) is 12.3. The quantitative estimate of drug-likeness (QED) is 0.798. The average molecular weight is 292 g/mol. The number of carbonyl (C=O) groups is 1. The highest BCUT2D eigenvalue weighted by atomic mass is 16.3. The standard InChI is InChI=1S/C17H28N2O2/c1-16(2,3)11-7-10(9-13(18)15(19)21)8-12(14(11)20)17(4,5)6/h7-8,13,20H,9,18H2,1-6H3,(H2,19,21)/t13-/m0/s1. The van der Waals surface area contributed by atoms with E-state index in [-0.39, 0.29) is 10.8 Å². The molecule has 1 amide bonds. The molecule has 0 heterocycles. The lowest BCUT2D eigenvalue weighted by Gasteiger charge is -2.28. The van der Waals surface area contributed by atoms with Crippen LogP contribution in [0, 0.1) is 0 Å². The van der Waals surface area contributed by atoms with Crippen LogP contribution in [0.2, 0.25) is 0 Å². The number of phenolic OH excluding ortho intramolecular Hbond substituents is 1. The van der Waals surface area contributed by atoms with E-state index in [4.69, 9.17) is 11.5 Å². The van der Waals surface area contributed by atoms with Crippen LogP contribution in [0.1, 0.15) is 58.2 Å². The van der Waals surface area contributed by atoms with E-state index in [1.807, 2.05) is 53.7 Å². The van der Waals surface area contributed by atoms with Crippen molar-refractivity contribution in [3.05, 3.63) is 28.8 Å². The number of carbonyl (C=O) groups excluding carboxylic acids is 1. The van der Waals surface area contributed by atoms with Gasteiger partial charge in [0.05, 0.1) is 6.04 Å². The van der Waals surface area contributed by atoms with Gasteiger partial charge in [0.15, 0.2) is 0 Å². The monoisotopic (exact) mass is 292 g/mol. The topological polar surface area (TPSA) is 89.3 Å². The van der Waals surface area contributed by atoms with Crippen molar-refractivity contribution < 1.29 is 9.90 Å². The minimum atomic E-state index is -0.713. The third kappa shape index (κ3) is 4.21.